The van der Waals surface area contributed by atoms with E-state index in [1.54, 1.807) is 0 Å². The minimum Gasteiger partial charge on any atom is -0.309 e. The van der Waals surface area contributed by atoms with Gasteiger partial charge in [-0.25, -0.2) is 9.67 Å². The van der Waals surface area contributed by atoms with Crippen LogP contribution >= 0.6 is 11.6 Å². The summed E-state index contributed by atoms with van der Waals surface area (Å²) in [5.74, 6) is 0.842. The second-order valence-corrected chi connectivity index (χ2v) is 6.03. The van der Waals surface area contributed by atoms with Gasteiger partial charge in [0.05, 0.1) is 5.69 Å². The second-order valence-electron chi connectivity index (χ2n) is 5.60. The Morgan fingerprint density at radius 3 is 2.52 bits per heavy atom. The van der Waals surface area contributed by atoms with E-state index in [0.717, 1.165) is 40.9 Å². The van der Waals surface area contributed by atoms with Crippen LogP contribution < -0.4 is 5.32 Å². The Bertz CT molecular complexity index is 793. The molecule has 2 aromatic heterocycles. The number of halogens is 1. The Morgan fingerprint density at radius 2 is 1.87 bits per heavy atom. The van der Waals surface area contributed by atoms with Crippen LogP contribution in [-0.2, 0) is 13.1 Å². The van der Waals surface area contributed by atoms with Crippen molar-refractivity contribution in [2.45, 2.75) is 26.9 Å². The quantitative estimate of drug-likeness (QED) is 0.775. The lowest BCUT2D eigenvalue weighted by molar-refractivity contribution is 0.690. The number of pyridine rings is 1. The minimum absolute atomic E-state index is 0.761. The third kappa shape index (κ3) is 3.97. The van der Waals surface area contributed by atoms with Crippen molar-refractivity contribution >= 4 is 11.6 Å². The molecule has 118 valence electrons. The Morgan fingerprint density at radius 1 is 1.04 bits per heavy atom. The summed E-state index contributed by atoms with van der Waals surface area (Å²) in [6.07, 6.45) is 1.89. The van der Waals surface area contributed by atoms with E-state index in [1.165, 1.54) is 5.56 Å². The van der Waals surface area contributed by atoms with Crippen LogP contribution in [0.3, 0.4) is 0 Å². The van der Waals surface area contributed by atoms with Crippen LogP contribution in [0.2, 0.25) is 5.02 Å². The lowest BCUT2D eigenvalue weighted by Gasteiger charge is -2.07. The first-order chi connectivity index (χ1) is 11.1. The third-order valence-electron chi connectivity index (χ3n) is 3.58. The molecule has 0 amide bonds. The molecule has 0 fully saturated rings. The fourth-order valence-corrected chi connectivity index (χ4v) is 2.72. The Labute approximate surface area is 141 Å². The van der Waals surface area contributed by atoms with Crippen LogP contribution in [0.25, 0.3) is 5.82 Å². The van der Waals surface area contributed by atoms with E-state index in [1.807, 2.05) is 55.1 Å². The molecule has 1 N–H and O–H groups in total. The Hall–Kier alpha value is -2.17. The molecule has 0 aliphatic carbocycles. The van der Waals surface area contributed by atoms with Gasteiger partial charge >= 0.3 is 0 Å². The summed E-state index contributed by atoms with van der Waals surface area (Å²) in [6.45, 7) is 5.55. The van der Waals surface area contributed by atoms with E-state index in [0.29, 0.717) is 0 Å². The SMILES string of the molecule is Cc1cc(C)n(-c2ccc(CNCc3cccc(Cl)c3)cn2)n1. The lowest BCUT2D eigenvalue weighted by Crippen LogP contribution is -2.13. The molecule has 0 saturated heterocycles. The first-order valence-electron chi connectivity index (χ1n) is 7.55. The number of hydrogen-bond acceptors (Lipinski definition) is 3. The van der Waals surface area contributed by atoms with Crippen molar-refractivity contribution in [3.05, 3.63) is 76.2 Å². The molecule has 0 bridgehead atoms. The molecular formula is C18H19ClN4. The van der Waals surface area contributed by atoms with Gasteiger partial charge < -0.3 is 5.32 Å². The molecule has 0 unspecified atom stereocenters. The van der Waals surface area contributed by atoms with Gasteiger partial charge in [-0.3, -0.25) is 0 Å². The summed E-state index contributed by atoms with van der Waals surface area (Å²) in [5.41, 5.74) is 4.39. The highest BCUT2D eigenvalue weighted by molar-refractivity contribution is 6.30. The average Bonchev–Trinajstić information content (AvgIpc) is 2.87. The third-order valence-corrected chi connectivity index (χ3v) is 3.82. The van der Waals surface area contributed by atoms with E-state index in [9.17, 15) is 0 Å². The average molecular weight is 327 g/mol. The first kappa shape index (κ1) is 15.7. The van der Waals surface area contributed by atoms with E-state index in [2.05, 4.69) is 27.5 Å². The van der Waals surface area contributed by atoms with E-state index in [-0.39, 0.29) is 0 Å². The molecule has 3 aromatic rings. The fourth-order valence-electron chi connectivity index (χ4n) is 2.51. The summed E-state index contributed by atoms with van der Waals surface area (Å²) in [7, 11) is 0. The van der Waals surface area contributed by atoms with E-state index >= 15 is 0 Å². The predicted octanol–water partition coefficient (Wildman–Crippen LogP) is 3.83. The normalized spacial score (nSPS) is 10.9. The van der Waals surface area contributed by atoms with Crippen LogP contribution in [-0.4, -0.2) is 14.8 Å². The van der Waals surface area contributed by atoms with Gasteiger partial charge in [0, 0.05) is 30.0 Å². The monoisotopic (exact) mass is 326 g/mol. The van der Waals surface area contributed by atoms with Crippen molar-refractivity contribution < 1.29 is 0 Å². The largest absolute Gasteiger partial charge is 0.309 e. The van der Waals surface area contributed by atoms with Crippen LogP contribution in [0, 0.1) is 13.8 Å². The highest BCUT2D eigenvalue weighted by Gasteiger charge is 2.04. The van der Waals surface area contributed by atoms with Crippen molar-refractivity contribution in [2.24, 2.45) is 0 Å². The van der Waals surface area contributed by atoms with E-state index < -0.39 is 0 Å². The number of hydrogen-bond donors (Lipinski definition) is 1. The maximum Gasteiger partial charge on any atom is 0.153 e. The van der Waals surface area contributed by atoms with Gasteiger partial charge in [-0.05, 0) is 49.2 Å². The molecular weight excluding hydrogens is 308 g/mol. The summed E-state index contributed by atoms with van der Waals surface area (Å²) < 4.78 is 1.86. The standard InChI is InChI=1S/C18H19ClN4/c1-13-8-14(2)23(22-13)18-7-6-16(12-21-18)11-20-10-15-4-3-5-17(19)9-15/h3-9,12,20H,10-11H2,1-2H3. The Kier molecular flexibility index (Phi) is 4.74. The number of nitrogens with one attached hydrogen (secondary N) is 1. The molecule has 23 heavy (non-hydrogen) atoms. The first-order valence-corrected chi connectivity index (χ1v) is 7.93. The minimum atomic E-state index is 0.761. The van der Waals surface area contributed by atoms with Crippen molar-refractivity contribution in [1.82, 2.24) is 20.1 Å². The molecule has 1 aromatic carbocycles. The van der Waals surface area contributed by atoms with Crippen LogP contribution in [0.1, 0.15) is 22.5 Å². The van der Waals surface area contributed by atoms with Crippen molar-refractivity contribution in [2.75, 3.05) is 0 Å². The maximum atomic E-state index is 5.98. The number of nitrogens with zero attached hydrogens (tertiary/aromatic N) is 3. The molecule has 0 atom stereocenters. The second kappa shape index (κ2) is 6.94. The zero-order valence-corrected chi connectivity index (χ0v) is 14.0. The topological polar surface area (TPSA) is 42.7 Å². The van der Waals surface area contributed by atoms with Gasteiger partial charge in [-0.1, -0.05) is 29.8 Å². The van der Waals surface area contributed by atoms with Gasteiger partial charge in [0.25, 0.3) is 0 Å². The highest BCUT2D eigenvalue weighted by Crippen LogP contribution is 2.12. The van der Waals surface area contributed by atoms with Crippen molar-refractivity contribution in [3.63, 3.8) is 0 Å². The summed E-state index contributed by atoms with van der Waals surface area (Å²) in [5, 5.41) is 8.61. The van der Waals surface area contributed by atoms with Gasteiger partial charge in [0.1, 0.15) is 0 Å². The zero-order valence-electron chi connectivity index (χ0n) is 13.3. The molecule has 0 radical (unpaired) electrons. The van der Waals surface area contributed by atoms with Gasteiger partial charge in [-0.2, -0.15) is 5.10 Å². The number of aromatic nitrogens is 3. The highest BCUT2D eigenvalue weighted by atomic mass is 35.5. The predicted molar refractivity (Wildman–Crippen MR) is 92.8 cm³/mol. The van der Waals surface area contributed by atoms with Gasteiger partial charge in [-0.15, -0.1) is 0 Å². The molecule has 4 nitrogen and oxygen atoms in total. The fraction of sp³-hybridized carbons (Fsp3) is 0.222. The molecule has 2 heterocycles. The number of benzene rings is 1. The smallest absolute Gasteiger partial charge is 0.153 e. The lowest BCUT2D eigenvalue weighted by atomic mass is 10.2. The summed E-state index contributed by atoms with van der Waals surface area (Å²) in [4.78, 5) is 4.50. The molecule has 3 rings (SSSR count). The maximum absolute atomic E-state index is 5.98. The summed E-state index contributed by atoms with van der Waals surface area (Å²) >= 11 is 5.98. The van der Waals surface area contributed by atoms with Crippen molar-refractivity contribution in [1.29, 1.82) is 0 Å². The number of rotatable bonds is 5. The molecule has 0 spiro atoms. The zero-order chi connectivity index (χ0) is 16.2. The van der Waals surface area contributed by atoms with Crippen molar-refractivity contribution in [3.8, 4) is 5.82 Å². The van der Waals surface area contributed by atoms with E-state index in [4.69, 9.17) is 11.6 Å². The van der Waals surface area contributed by atoms with Crippen LogP contribution in [0.15, 0.2) is 48.7 Å². The number of aryl methyl sites for hydroxylation is 2. The Balaban J connectivity index is 1.60. The van der Waals surface area contributed by atoms with Gasteiger partial charge in [0.15, 0.2) is 5.82 Å². The van der Waals surface area contributed by atoms with Crippen LogP contribution in [0.5, 0.6) is 0 Å². The summed E-state index contributed by atoms with van der Waals surface area (Å²) in [6, 6.07) is 14.0. The molecule has 0 aliphatic rings. The van der Waals surface area contributed by atoms with Crippen LogP contribution in [0.4, 0.5) is 0 Å². The molecule has 0 saturated carbocycles. The van der Waals surface area contributed by atoms with Gasteiger partial charge in [0.2, 0.25) is 0 Å². The molecule has 5 heteroatoms. The molecule has 0 aliphatic heterocycles.